The summed E-state index contributed by atoms with van der Waals surface area (Å²) < 4.78 is 5.51. The fourth-order valence-corrected chi connectivity index (χ4v) is 4.01. The van der Waals surface area contributed by atoms with Gasteiger partial charge in [-0.2, -0.15) is 4.98 Å². The lowest BCUT2D eigenvalue weighted by Crippen LogP contribution is -2.46. The van der Waals surface area contributed by atoms with Gasteiger partial charge < -0.3 is 14.3 Å². The number of hydrogen-bond acceptors (Lipinski definition) is 7. The number of nitrogens with zero attached hydrogens (tertiary/aromatic N) is 6. The standard InChI is InChI=1S/C21H32N6O/c1-2-3-9-25-12-14-26(15-13-25)17-20-23-21(24-28-20)18-7-8-19(22-16-18)27-10-5-4-6-11-27/h7-8,16H,2-6,9-15,17H2,1H3. The summed E-state index contributed by atoms with van der Waals surface area (Å²) in [6.45, 7) is 10.8. The summed E-state index contributed by atoms with van der Waals surface area (Å²) in [6.07, 6.45) is 8.25. The van der Waals surface area contributed by atoms with Gasteiger partial charge >= 0.3 is 0 Å². The Morgan fingerprint density at radius 3 is 2.46 bits per heavy atom. The molecule has 7 heteroatoms. The van der Waals surface area contributed by atoms with Crippen molar-refractivity contribution in [3.05, 3.63) is 24.2 Å². The van der Waals surface area contributed by atoms with E-state index in [9.17, 15) is 0 Å². The van der Waals surface area contributed by atoms with Gasteiger partial charge in [-0.15, -0.1) is 0 Å². The van der Waals surface area contributed by atoms with Crippen molar-refractivity contribution in [2.45, 2.75) is 45.6 Å². The van der Waals surface area contributed by atoms with Crippen LogP contribution < -0.4 is 4.90 Å². The van der Waals surface area contributed by atoms with Gasteiger partial charge in [0.15, 0.2) is 0 Å². The van der Waals surface area contributed by atoms with E-state index in [1.165, 1.54) is 38.6 Å². The smallest absolute Gasteiger partial charge is 0.241 e. The number of rotatable bonds is 7. The Labute approximate surface area is 167 Å². The van der Waals surface area contributed by atoms with E-state index in [0.717, 1.165) is 57.2 Å². The summed E-state index contributed by atoms with van der Waals surface area (Å²) in [4.78, 5) is 16.5. The van der Waals surface area contributed by atoms with Crippen LogP contribution >= 0.6 is 0 Å². The normalized spacial score (nSPS) is 19.2. The van der Waals surface area contributed by atoms with Crippen molar-refractivity contribution in [1.29, 1.82) is 0 Å². The lowest BCUT2D eigenvalue weighted by molar-refractivity contribution is 0.116. The van der Waals surface area contributed by atoms with Crippen LogP contribution in [0.5, 0.6) is 0 Å². The summed E-state index contributed by atoms with van der Waals surface area (Å²) in [5.41, 5.74) is 0.917. The number of piperazine rings is 1. The number of hydrogen-bond donors (Lipinski definition) is 0. The molecule has 2 aromatic rings. The van der Waals surface area contributed by atoms with Crippen molar-refractivity contribution in [1.82, 2.24) is 24.9 Å². The van der Waals surface area contributed by atoms with E-state index in [0.29, 0.717) is 11.7 Å². The summed E-state index contributed by atoms with van der Waals surface area (Å²) in [5, 5.41) is 4.17. The first-order chi connectivity index (χ1) is 13.8. The molecule has 0 bridgehead atoms. The summed E-state index contributed by atoms with van der Waals surface area (Å²) in [7, 11) is 0. The third-order valence-corrected chi connectivity index (χ3v) is 5.81. The average Bonchev–Trinajstić information content (AvgIpc) is 3.22. The van der Waals surface area contributed by atoms with Gasteiger partial charge in [0.25, 0.3) is 0 Å². The molecule has 4 heterocycles. The van der Waals surface area contributed by atoms with E-state index in [1.807, 2.05) is 6.20 Å². The second-order valence-electron chi connectivity index (χ2n) is 7.94. The second kappa shape index (κ2) is 9.47. The SMILES string of the molecule is CCCCN1CCN(Cc2nc(-c3ccc(N4CCCCC4)nc3)no2)CC1. The maximum absolute atomic E-state index is 5.51. The average molecular weight is 385 g/mol. The molecule has 0 atom stereocenters. The molecule has 2 aliphatic heterocycles. The summed E-state index contributed by atoms with van der Waals surface area (Å²) in [5.74, 6) is 2.37. The first-order valence-corrected chi connectivity index (χ1v) is 10.8. The zero-order valence-electron chi connectivity index (χ0n) is 17.0. The highest BCUT2D eigenvalue weighted by atomic mass is 16.5. The Bertz CT molecular complexity index is 717. The predicted molar refractivity (Wildman–Crippen MR) is 110 cm³/mol. The molecule has 152 valence electrons. The third kappa shape index (κ3) is 4.89. The number of anilines is 1. The van der Waals surface area contributed by atoms with Crippen molar-refractivity contribution in [3.63, 3.8) is 0 Å². The lowest BCUT2D eigenvalue weighted by atomic mass is 10.1. The number of unbranched alkanes of at least 4 members (excludes halogenated alkanes) is 1. The van der Waals surface area contributed by atoms with Crippen LogP contribution in [0.3, 0.4) is 0 Å². The molecule has 0 amide bonds. The molecule has 28 heavy (non-hydrogen) atoms. The number of aromatic nitrogens is 3. The Morgan fingerprint density at radius 2 is 1.75 bits per heavy atom. The minimum Gasteiger partial charge on any atom is -0.357 e. The van der Waals surface area contributed by atoms with Crippen LogP contribution in [0, 0.1) is 0 Å². The Morgan fingerprint density at radius 1 is 0.964 bits per heavy atom. The first kappa shape index (κ1) is 19.3. The van der Waals surface area contributed by atoms with Crippen LogP contribution in [-0.2, 0) is 6.54 Å². The summed E-state index contributed by atoms with van der Waals surface area (Å²) >= 11 is 0. The Balaban J connectivity index is 1.30. The minimum absolute atomic E-state index is 0.634. The fraction of sp³-hybridized carbons (Fsp3) is 0.667. The molecule has 2 aromatic heterocycles. The van der Waals surface area contributed by atoms with Crippen LogP contribution in [0.15, 0.2) is 22.9 Å². The van der Waals surface area contributed by atoms with Gasteiger partial charge in [-0.1, -0.05) is 18.5 Å². The first-order valence-electron chi connectivity index (χ1n) is 10.8. The molecule has 0 spiro atoms. The molecular formula is C21H32N6O. The molecule has 2 saturated heterocycles. The number of pyridine rings is 1. The second-order valence-corrected chi connectivity index (χ2v) is 7.94. The van der Waals surface area contributed by atoms with Crippen molar-refractivity contribution < 1.29 is 4.52 Å². The monoisotopic (exact) mass is 384 g/mol. The van der Waals surface area contributed by atoms with Gasteiger partial charge in [0.1, 0.15) is 5.82 Å². The molecule has 4 rings (SSSR count). The minimum atomic E-state index is 0.634. The lowest BCUT2D eigenvalue weighted by Gasteiger charge is -2.33. The Hall–Kier alpha value is -1.99. The zero-order chi connectivity index (χ0) is 19.2. The fourth-order valence-electron chi connectivity index (χ4n) is 4.01. The van der Waals surface area contributed by atoms with Crippen LogP contribution in [0.25, 0.3) is 11.4 Å². The highest BCUT2D eigenvalue weighted by Crippen LogP contribution is 2.21. The largest absolute Gasteiger partial charge is 0.357 e. The van der Waals surface area contributed by atoms with Gasteiger partial charge in [0.2, 0.25) is 11.7 Å². The highest BCUT2D eigenvalue weighted by molar-refractivity contribution is 5.55. The van der Waals surface area contributed by atoms with Crippen LogP contribution in [-0.4, -0.2) is 70.7 Å². The molecule has 2 fully saturated rings. The van der Waals surface area contributed by atoms with Crippen LogP contribution in [0.1, 0.15) is 44.9 Å². The van der Waals surface area contributed by atoms with Gasteiger partial charge in [-0.25, -0.2) is 4.98 Å². The molecule has 0 radical (unpaired) electrons. The Kier molecular flexibility index (Phi) is 6.54. The van der Waals surface area contributed by atoms with E-state index >= 15 is 0 Å². The molecule has 0 saturated carbocycles. The van der Waals surface area contributed by atoms with Crippen molar-refractivity contribution in [2.75, 3.05) is 50.7 Å². The maximum Gasteiger partial charge on any atom is 0.241 e. The van der Waals surface area contributed by atoms with Gasteiger partial charge in [-0.3, -0.25) is 4.90 Å². The van der Waals surface area contributed by atoms with Crippen molar-refractivity contribution >= 4 is 5.82 Å². The van der Waals surface area contributed by atoms with Gasteiger partial charge in [-0.05, 0) is 44.4 Å². The third-order valence-electron chi connectivity index (χ3n) is 5.81. The van der Waals surface area contributed by atoms with Crippen LogP contribution in [0.4, 0.5) is 5.82 Å². The van der Waals surface area contributed by atoms with Crippen LogP contribution in [0.2, 0.25) is 0 Å². The molecule has 0 aromatic carbocycles. The van der Waals surface area contributed by atoms with Gasteiger partial charge in [0.05, 0.1) is 6.54 Å². The molecule has 0 N–H and O–H groups in total. The quantitative estimate of drug-likeness (QED) is 0.727. The van der Waals surface area contributed by atoms with E-state index in [1.54, 1.807) is 0 Å². The molecule has 0 unspecified atom stereocenters. The van der Waals surface area contributed by atoms with Crippen molar-refractivity contribution in [2.24, 2.45) is 0 Å². The molecule has 7 nitrogen and oxygen atoms in total. The molecule has 2 aliphatic rings. The summed E-state index contributed by atoms with van der Waals surface area (Å²) in [6, 6.07) is 4.13. The zero-order valence-corrected chi connectivity index (χ0v) is 17.0. The number of piperidine rings is 1. The maximum atomic E-state index is 5.51. The van der Waals surface area contributed by atoms with Gasteiger partial charge in [0, 0.05) is 51.0 Å². The van der Waals surface area contributed by atoms with E-state index in [4.69, 9.17) is 4.52 Å². The van der Waals surface area contributed by atoms with E-state index < -0.39 is 0 Å². The topological polar surface area (TPSA) is 61.5 Å². The molecule has 0 aliphatic carbocycles. The van der Waals surface area contributed by atoms with E-state index in [-0.39, 0.29) is 0 Å². The highest BCUT2D eigenvalue weighted by Gasteiger charge is 2.19. The molecular weight excluding hydrogens is 352 g/mol. The van der Waals surface area contributed by atoms with E-state index in [2.05, 4.69) is 48.9 Å². The predicted octanol–water partition coefficient (Wildman–Crippen LogP) is 3.04. The van der Waals surface area contributed by atoms with Crippen molar-refractivity contribution in [3.8, 4) is 11.4 Å².